The maximum atomic E-state index is 6.05. The Morgan fingerprint density at radius 2 is 1.68 bits per heavy atom. The molecule has 2 saturated heterocycles. The van der Waals surface area contributed by atoms with Crippen LogP contribution in [0.25, 0.3) is 0 Å². The summed E-state index contributed by atoms with van der Waals surface area (Å²) in [4.78, 5) is 0. The van der Waals surface area contributed by atoms with Gasteiger partial charge >= 0.3 is 7.12 Å². The molecule has 0 aliphatic carbocycles. The normalized spacial score (nSPS) is 25.8. The second-order valence-corrected chi connectivity index (χ2v) is 6.89. The van der Waals surface area contributed by atoms with Gasteiger partial charge in [0, 0.05) is 6.54 Å². The number of hydrogen-bond acceptors (Lipinski definition) is 4. The van der Waals surface area contributed by atoms with Crippen molar-refractivity contribution in [3.8, 4) is 5.75 Å². The molecule has 2 aliphatic heterocycles. The quantitative estimate of drug-likeness (QED) is 0.865. The van der Waals surface area contributed by atoms with Crippen LogP contribution in [0.1, 0.15) is 34.1 Å². The third-order valence-corrected chi connectivity index (χ3v) is 4.72. The molecule has 0 radical (unpaired) electrons. The predicted molar refractivity (Wildman–Crippen MR) is 91.3 cm³/mol. The Morgan fingerprint density at radius 3 is 2.18 bits per heavy atom. The molecule has 0 aromatic heterocycles. The van der Waals surface area contributed by atoms with E-state index in [-0.39, 0.29) is 36.8 Å². The molecule has 1 atom stereocenters. The van der Waals surface area contributed by atoms with Crippen LogP contribution in [0.3, 0.4) is 0 Å². The summed E-state index contributed by atoms with van der Waals surface area (Å²) in [6, 6.07) is 8.05. The summed E-state index contributed by atoms with van der Waals surface area (Å²) < 4.78 is 18.0. The zero-order valence-electron chi connectivity index (χ0n) is 13.7. The first-order chi connectivity index (χ1) is 9.87. The van der Waals surface area contributed by atoms with E-state index in [1.54, 1.807) is 0 Å². The van der Waals surface area contributed by atoms with Crippen molar-refractivity contribution in [2.24, 2.45) is 0 Å². The molecule has 4 nitrogen and oxygen atoms in total. The van der Waals surface area contributed by atoms with E-state index in [2.05, 4.69) is 33.0 Å². The van der Waals surface area contributed by atoms with Crippen LogP contribution >= 0.6 is 12.4 Å². The molecule has 3 rings (SSSR count). The molecule has 0 saturated carbocycles. The second kappa shape index (κ2) is 6.40. The molecule has 2 heterocycles. The van der Waals surface area contributed by atoms with Crippen molar-refractivity contribution >= 4 is 25.0 Å². The van der Waals surface area contributed by atoms with Crippen LogP contribution in [0.2, 0.25) is 0 Å². The highest BCUT2D eigenvalue weighted by atomic mass is 35.5. The van der Waals surface area contributed by atoms with E-state index in [0.717, 1.165) is 30.7 Å². The lowest BCUT2D eigenvalue weighted by Gasteiger charge is -2.32. The van der Waals surface area contributed by atoms with Crippen molar-refractivity contribution < 1.29 is 14.0 Å². The largest absolute Gasteiger partial charge is 0.494 e. The Morgan fingerprint density at radius 1 is 1.09 bits per heavy atom. The van der Waals surface area contributed by atoms with Crippen molar-refractivity contribution in [3.63, 3.8) is 0 Å². The standard InChI is InChI=1S/C16H24BNO3.ClH/c1-15(2)16(3,4)21-17(20-15)12-5-7-13(8-6-12)19-14-9-10-18-11-14;/h5-8,14,18H,9-11H2,1-4H3;1H/t14-;/m0./s1. The fraction of sp³-hybridized carbons (Fsp3) is 0.625. The van der Waals surface area contributed by atoms with E-state index in [9.17, 15) is 0 Å². The molecule has 2 fully saturated rings. The van der Waals surface area contributed by atoms with Crippen LogP contribution in [0.4, 0.5) is 0 Å². The molecule has 122 valence electrons. The van der Waals surface area contributed by atoms with Crippen LogP contribution in [-0.4, -0.2) is 37.5 Å². The van der Waals surface area contributed by atoms with Crippen molar-refractivity contribution in [2.75, 3.05) is 13.1 Å². The smallest absolute Gasteiger partial charge is 0.489 e. The van der Waals surface area contributed by atoms with Gasteiger partial charge in [-0.1, -0.05) is 12.1 Å². The molecule has 1 aromatic carbocycles. The highest BCUT2D eigenvalue weighted by Crippen LogP contribution is 2.36. The van der Waals surface area contributed by atoms with Gasteiger partial charge in [0.05, 0.1) is 11.2 Å². The Hall–Kier alpha value is -0.745. The van der Waals surface area contributed by atoms with Gasteiger partial charge in [0.15, 0.2) is 0 Å². The number of ether oxygens (including phenoxy) is 1. The minimum atomic E-state index is -0.308. The van der Waals surface area contributed by atoms with Crippen LogP contribution in [0, 0.1) is 0 Å². The number of rotatable bonds is 3. The number of halogens is 1. The van der Waals surface area contributed by atoms with Gasteiger partial charge < -0.3 is 19.4 Å². The molecule has 2 aliphatic rings. The lowest BCUT2D eigenvalue weighted by atomic mass is 9.79. The third-order valence-electron chi connectivity index (χ3n) is 4.72. The van der Waals surface area contributed by atoms with Gasteiger partial charge in [-0.2, -0.15) is 0 Å². The van der Waals surface area contributed by atoms with E-state index in [1.165, 1.54) is 0 Å². The van der Waals surface area contributed by atoms with Gasteiger partial charge in [-0.15, -0.1) is 12.4 Å². The van der Waals surface area contributed by atoms with E-state index >= 15 is 0 Å². The molecular weight excluding hydrogens is 300 g/mol. The van der Waals surface area contributed by atoms with Gasteiger partial charge in [0.2, 0.25) is 0 Å². The summed E-state index contributed by atoms with van der Waals surface area (Å²) in [5.41, 5.74) is 0.426. The average molecular weight is 326 g/mol. The summed E-state index contributed by atoms with van der Waals surface area (Å²) in [6.07, 6.45) is 1.35. The highest BCUT2D eigenvalue weighted by molar-refractivity contribution is 6.62. The SMILES string of the molecule is CC1(C)OB(c2ccc(O[C@H]3CCNC3)cc2)OC1(C)C.Cl. The predicted octanol–water partition coefficient (Wildman–Crippen LogP) is 2.15. The van der Waals surface area contributed by atoms with E-state index < -0.39 is 0 Å². The van der Waals surface area contributed by atoms with Gasteiger partial charge in [-0.05, 0) is 58.3 Å². The Bertz CT molecular complexity index is 485. The third kappa shape index (κ3) is 3.43. The first kappa shape index (κ1) is 17.6. The van der Waals surface area contributed by atoms with Crippen LogP contribution < -0.4 is 15.5 Å². The van der Waals surface area contributed by atoms with Gasteiger partial charge in [0.1, 0.15) is 11.9 Å². The minimum Gasteiger partial charge on any atom is -0.489 e. The molecule has 0 spiro atoms. The van der Waals surface area contributed by atoms with Crippen LogP contribution in [0.5, 0.6) is 5.75 Å². The van der Waals surface area contributed by atoms with Gasteiger partial charge in [0.25, 0.3) is 0 Å². The Labute approximate surface area is 139 Å². The molecule has 0 unspecified atom stereocenters. The van der Waals surface area contributed by atoms with Crippen LogP contribution in [0.15, 0.2) is 24.3 Å². The Balaban J connectivity index is 0.00000176. The number of hydrogen-bond donors (Lipinski definition) is 1. The van der Waals surface area contributed by atoms with Crippen molar-refractivity contribution in [1.29, 1.82) is 0 Å². The topological polar surface area (TPSA) is 39.7 Å². The maximum Gasteiger partial charge on any atom is 0.494 e. The van der Waals surface area contributed by atoms with E-state index in [4.69, 9.17) is 14.0 Å². The van der Waals surface area contributed by atoms with E-state index in [1.807, 2.05) is 24.3 Å². The minimum absolute atomic E-state index is 0. The first-order valence-corrected chi connectivity index (χ1v) is 7.70. The monoisotopic (exact) mass is 325 g/mol. The van der Waals surface area contributed by atoms with Crippen molar-refractivity contribution in [2.45, 2.75) is 51.4 Å². The fourth-order valence-electron chi connectivity index (χ4n) is 2.60. The van der Waals surface area contributed by atoms with Crippen molar-refractivity contribution in [3.05, 3.63) is 24.3 Å². The summed E-state index contributed by atoms with van der Waals surface area (Å²) in [5.74, 6) is 0.906. The average Bonchev–Trinajstić information content (AvgIpc) is 2.97. The van der Waals surface area contributed by atoms with Crippen molar-refractivity contribution in [1.82, 2.24) is 5.32 Å². The molecule has 6 heteroatoms. The lowest BCUT2D eigenvalue weighted by molar-refractivity contribution is 0.00578. The molecule has 0 amide bonds. The highest BCUT2D eigenvalue weighted by Gasteiger charge is 2.51. The summed E-state index contributed by atoms with van der Waals surface area (Å²) >= 11 is 0. The lowest BCUT2D eigenvalue weighted by Crippen LogP contribution is -2.41. The second-order valence-electron chi connectivity index (χ2n) is 6.89. The molecule has 0 bridgehead atoms. The first-order valence-electron chi connectivity index (χ1n) is 7.70. The van der Waals surface area contributed by atoms with Gasteiger partial charge in [-0.3, -0.25) is 0 Å². The molecule has 1 aromatic rings. The molecular formula is C16H25BClNO3. The summed E-state index contributed by atoms with van der Waals surface area (Å²) in [6.45, 7) is 10.2. The summed E-state index contributed by atoms with van der Waals surface area (Å²) in [5, 5.41) is 3.30. The zero-order valence-corrected chi connectivity index (χ0v) is 14.5. The molecule has 1 N–H and O–H groups in total. The summed E-state index contributed by atoms with van der Waals surface area (Å²) in [7, 11) is -0.308. The van der Waals surface area contributed by atoms with Crippen LogP contribution in [-0.2, 0) is 9.31 Å². The van der Waals surface area contributed by atoms with E-state index in [0.29, 0.717) is 0 Å². The number of nitrogens with one attached hydrogen (secondary N) is 1. The maximum absolute atomic E-state index is 6.05. The molecule has 22 heavy (non-hydrogen) atoms. The van der Waals surface area contributed by atoms with Gasteiger partial charge in [-0.25, -0.2) is 0 Å². The Kier molecular flexibility index (Phi) is 5.12. The zero-order chi connectivity index (χ0) is 15.1. The number of benzene rings is 1. The fourth-order valence-corrected chi connectivity index (χ4v) is 2.60.